The van der Waals surface area contributed by atoms with Gasteiger partial charge in [-0.1, -0.05) is 24.3 Å². The zero-order valence-corrected chi connectivity index (χ0v) is 15.1. The zero-order valence-electron chi connectivity index (χ0n) is 14.3. The van der Waals surface area contributed by atoms with Crippen molar-refractivity contribution in [2.24, 2.45) is 0 Å². The van der Waals surface area contributed by atoms with E-state index in [1.165, 1.54) is 5.56 Å². The lowest BCUT2D eigenvalue weighted by Gasteiger charge is -2.27. The highest BCUT2D eigenvalue weighted by atomic mass is 32.2. The highest BCUT2D eigenvalue weighted by Gasteiger charge is 2.38. The second kappa shape index (κ2) is 7.91. The van der Waals surface area contributed by atoms with Crippen molar-refractivity contribution in [1.82, 2.24) is 15.5 Å². The Morgan fingerprint density at radius 3 is 2.96 bits per heavy atom. The smallest absolute Gasteiger partial charge is 0.325 e. The summed E-state index contributed by atoms with van der Waals surface area (Å²) < 4.78 is 0. The van der Waals surface area contributed by atoms with E-state index < -0.39 is 12.1 Å². The maximum absolute atomic E-state index is 12.4. The van der Waals surface area contributed by atoms with Crippen LogP contribution in [0.3, 0.4) is 0 Å². The van der Waals surface area contributed by atoms with Crippen LogP contribution in [0.1, 0.15) is 36.4 Å². The third kappa shape index (κ3) is 3.98. The molecule has 7 heteroatoms. The molecule has 1 aromatic rings. The molecule has 0 radical (unpaired) electrons. The minimum atomic E-state index is -0.511. The fourth-order valence-corrected chi connectivity index (χ4v) is 3.92. The highest BCUT2D eigenvalue weighted by molar-refractivity contribution is 7.98. The van der Waals surface area contributed by atoms with Crippen LogP contribution in [0.2, 0.25) is 0 Å². The number of carbonyl (C=O) groups is 3. The van der Waals surface area contributed by atoms with E-state index in [2.05, 4.69) is 16.7 Å². The number of aryl methyl sites for hydroxylation is 1. The monoisotopic (exact) mass is 361 g/mol. The summed E-state index contributed by atoms with van der Waals surface area (Å²) in [6.45, 7) is -0.223. The van der Waals surface area contributed by atoms with Gasteiger partial charge in [0.15, 0.2) is 0 Å². The summed E-state index contributed by atoms with van der Waals surface area (Å²) in [6.07, 6.45) is 5.45. The molecule has 0 bridgehead atoms. The molecule has 2 N–H and O–H groups in total. The second-order valence-electron chi connectivity index (χ2n) is 6.42. The number of thioether (sulfide) groups is 1. The van der Waals surface area contributed by atoms with Crippen molar-refractivity contribution >= 4 is 29.6 Å². The number of amides is 4. The molecule has 2 aliphatic rings. The van der Waals surface area contributed by atoms with Crippen LogP contribution in [-0.2, 0) is 16.0 Å². The molecule has 1 heterocycles. The average Bonchev–Trinajstić information content (AvgIpc) is 2.88. The second-order valence-corrected chi connectivity index (χ2v) is 7.40. The number of carbonyl (C=O) groups excluding carboxylic acids is 3. The molecule has 1 aliphatic heterocycles. The summed E-state index contributed by atoms with van der Waals surface area (Å²) in [6, 6.07) is 7.05. The number of fused-ring (bicyclic) bond motifs is 1. The van der Waals surface area contributed by atoms with Gasteiger partial charge in [-0.3, -0.25) is 14.5 Å². The van der Waals surface area contributed by atoms with Gasteiger partial charge in [0.1, 0.15) is 12.6 Å². The Kier molecular flexibility index (Phi) is 5.63. The maximum Gasteiger partial charge on any atom is 0.325 e. The summed E-state index contributed by atoms with van der Waals surface area (Å²) >= 11 is 1.62. The van der Waals surface area contributed by atoms with E-state index in [1.54, 1.807) is 11.8 Å². The Bertz CT molecular complexity index is 679. The van der Waals surface area contributed by atoms with Crippen molar-refractivity contribution in [2.75, 3.05) is 18.6 Å². The number of nitrogens with one attached hydrogen (secondary N) is 2. The predicted octanol–water partition coefficient (Wildman–Crippen LogP) is 1.85. The van der Waals surface area contributed by atoms with Crippen molar-refractivity contribution in [1.29, 1.82) is 0 Å². The average molecular weight is 361 g/mol. The Hall–Kier alpha value is -2.02. The molecule has 1 fully saturated rings. The molecule has 1 aromatic carbocycles. The fourth-order valence-electron chi connectivity index (χ4n) is 3.45. The van der Waals surface area contributed by atoms with E-state index >= 15 is 0 Å². The first-order valence-corrected chi connectivity index (χ1v) is 9.97. The highest BCUT2D eigenvalue weighted by Crippen LogP contribution is 2.29. The molecule has 1 saturated heterocycles. The van der Waals surface area contributed by atoms with Crippen molar-refractivity contribution in [3.8, 4) is 0 Å². The van der Waals surface area contributed by atoms with Gasteiger partial charge >= 0.3 is 6.03 Å². The van der Waals surface area contributed by atoms with E-state index in [1.807, 2.05) is 24.5 Å². The van der Waals surface area contributed by atoms with Crippen LogP contribution in [-0.4, -0.2) is 47.3 Å². The van der Waals surface area contributed by atoms with Crippen LogP contribution in [0, 0.1) is 0 Å². The Balaban J connectivity index is 1.60. The van der Waals surface area contributed by atoms with Gasteiger partial charge in [-0.15, -0.1) is 0 Å². The zero-order chi connectivity index (χ0) is 17.8. The summed E-state index contributed by atoms with van der Waals surface area (Å²) in [5.74, 6) is 0.184. The SMILES string of the molecule is CSCC[C@@H]1NC(=O)N(CC(=O)N[C@@H]2CCCc3ccccc32)C1=O. The number of imide groups is 1. The lowest BCUT2D eigenvalue weighted by molar-refractivity contribution is -0.132. The van der Waals surface area contributed by atoms with Gasteiger partial charge in [0.2, 0.25) is 5.91 Å². The first-order chi connectivity index (χ1) is 12.1. The standard InChI is InChI=1S/C18H23N3O3S/c1-25-10-9-15-17(23)21(18(24)20-15)11-16(22)19-14-8-4-6-12-5-2-3-7-13(12)14/h2-3,5,7,14-15H,4,6,8-11H2,1H3,(H,19,22)(H,20,24)/t14-,15+/m1/s1. The molecular weight excluding hydrogens is 338 g/mol. The van der Waals surface area contributed by atoms with Crippen molar-refractivity contribution in [3.63, 3.8) is 0 Å². The van der Waals surface area contributed by atoms with Gasteiger partial charge in [-0.25, -0.2) is 4.79 Å². The molecule has 2 atom stereocenters. The Morgan fingerprint density at radius 1 is 1.36 bits per heavy atom. The number of nitrogens with zero attached hydrogens (tertiary/aromatic N) is 1. The van der Waals surface area contributed by atoms with Crippen molar-refractivity contribution < 1.29 is 14.4 Å². The first kappa shape index (κ1) is 17.8. The van der Waals surface area contributed by atoms with E-state index in [0.717, 1.165) is 35.5 Å². The summed E-state index contributed by atoms with van der Waals surface area (Å²) in [7, 11) is 0. The van der Waals surface area contributed by atoms with Crippen molar-refractivity contribution in [3.05, 3.63) is 35.4 Å². The predicted molar refractivity (Wildman–Crippen MR) is 97.3 cm³/mol. The lowest BCUT2D eigenvalue weighted by Crippen LogP contribution is -2.42. The molecule has 0 aromatic heterocycles. The summed E-state index contributed by atoms with van der Waals surface area (Å²) in [5.41, 5.74) is 2.39. The fraction of sp³-hybridized carbons (Fsp3) is 0.500. The number of urea groups is 1. The number of hydrogen-bond donors (Lipinski definition) is 2. The first-order valence-electron chi connectivity index (χ1n) is 8.58. The van der Waals surface area contributed by atoms with Gasteiger partial charge in [-0.2, -0.15) is 11.8 Å². The third-order valence-corrected chi connectivity index (χ3v) is 5.37. The largest absolute Gasteiger partial charge is 0.348 e. The lowest BCUT2D eigenvalue weighted by atomic mass is 9.88. The number of benzene rings is 1. The molecule has 0 unspecified atom stereocenters. The van der Waals surface area contributed by atoms with Crippen LogP contribution < -0.4 is 10.6 Å². The van der Waals surface area contributed by atoms with Crippen LogP contribution in [0.25, 0.3) is 0 Å². The molecule has 4 amide bonds. The minimum Gasteiger partial charge on any atom is -0.348 e. The van der Waals surface area contributed by atoms with E-state index in [0.29, 0.717) is 6.42 Å². The van der Waals surface area contributed by atoms with E-state index in [4.69, 9.17) is 0 Å². The van der Waals surface area contributed by atoms with Gasteiger partial charge in [0.25, 0.3) is 5.91 Å². The van der Waals surface area contributed by atoms with Crippen molar-refractivity contribution in [2.45, 2.75) is 37.8 Å². The van der Waals surface area contributed by atoms with E-state index in [9.17, 15) is 14.4 Å². The molecule has 25 heavy (non-hydrogen) atoms. The minimum absolute atomic E-state index is 0.0505. The molecule has 134 valence electrons. The molecular formula is C18H23N3O3S. The van der Waals surface area contributed by atoms with Crippen LogP contribution in [0.15, 0.2) is 24.3 Å². The van der Waals surface area contributed by atoms with E-state index in [-0.39, 0.29) is 24.4 Å². The molecule has 6 nitrogen and oxygen atoms in total. The van der Waals surface area contributed by atoms with Crippen LogP contribution in [0.5, 0.6) is 0 Å². The van der Waals surface area contributed by atoms with Crippen LogP contribution in [0.4, 0.5) is 4.79 Å². The van der Waals surface area contributed by atoms with Gasteiger partial charge < -0.3 is 10.6 Å². The summed E-state index contributed by atoms with van der Waals surface area (Å²) in [4.78, 5) is 37.7. The van der Waals surface area contributed by atoms with Crippen LogP contribution >= 0.6 is 11.8 Å². The Labute approximate surface area is 151 Å². The van der Waals surface area contributed by atoms with Gasteiger partial charge in [-0.05, 0) is 48.8 Å². The number of rotatable bonds is 6. The molecule has 0 spiro atoms. The maximum atomic E-state index is 12.4. The molecule has 1 aliphatic carbocycles. The van der Waals surface area contributed by atoms with Gasteiger partial charge in [0.05, 0.1) is 6.04 Å². The van der Waals surface area contributed by atoms with Gasteiger partial charge in [0, 0.05) is 0 Å². The molecule has 3 rings (SSSR count). The molecule has 0 saturated carbocycles. The third-order valence-electron chi connectivity index (χ3n) is 4.72. The normalized spacial score (nSPS) is 22.5. The number of hydrogen-bond acceptors (Lipinski definition) is 4. The topological polar surface area (TPSA) is 78.5 Å². The Morgan fingerprint density at radius 2 is 2.16 bits per heavy atom. The quantitative estimate of drug-likeness (QED) is 0.758. The summed E-state index contributed by atoms with van der Waals surface area (Å²) in [5, 5.41) is 5.64.